The van der Waals surface area contributed by atoms with Gasteiger partial charge in [0.15, 0.2) is 0 Å². The van der Waals surface area contributed by atoms with Crippen LogP contribution in [0, 0.1) is 0 Å². The minimum Gasteiger partial charge on any atom is -0.395 e. The predicted octanol–water partition coefficient (Wildman–Crippen LogP) is 1.98. The summed E-state index contributed by atoms with van der Waals surface area (Å²) < 4.78 is 0. The molecule has 0 bridgehead atoms. The van der Waals surface area contributed by atoms with E-state index < -0.39 is 0 Å². The van der Waals surface area contributed by atoms with Gasteiger partial charge in [-0.15, -0.1) is 0 Å². The molecule has 1 fully saturated rings. The molecule has 0 unspecified atom stereocenters. The maximum Gasteiger partial charge on any atom is 0.129 e. The number of nitrogens with zero attached hydrogens (tertiary/aromatic N) is 1. The highest BCUT2D eigenvalue weighted by Crippen LogP contribution is 2.22. The Morgan fingerprint density at radius 2 is 1.94 bits per heavy atom. The number of aliphatic hydroxyl groups excluding tert-OH is 1. The summed E-state index contributed by atoms with van der Waals surface area (Å²) >= 11 is 0. The van der Waals surface area contributed by atoms with Crippen LogP contribution in [-0.2, 0) is 4.79 Å². The second kappa shape index (κ2) is 7.80. The molecule has 3 heteroatoms. The molecule has 0 atom stereocenters. The summed E-state index contributed by atoms with van der Waals surface area (Å²) in [4.78, 5) is 13.3. The van der Waals surface area contributed by atoms with Gasteiger partial charge in [0.2, 0.25) is 0 Å². The van der Waals surface area contributed by atoms with Crippen LogP contribution in [-0.4, -0.2) is 41.5 Å². The van der Waals surface area contributed by atoms with Crippen LogP contribution in [0.15, 0.2) is 0 Å². The monoisotopic (exact) mass is 227 g/mol. The van der Waals surface area contributed by atoms with E-state index in [0.717, 1.165) is 19.5 Å². The summed E-state index contributed by atoms with van der Waals surface area (Å²) in [5, 5.41) is 9.07. The first-order valence-corrected chi connectivity index (χ1v) is 6.58. The van der Waals surface area contributed by atoms with E-state index in [1.807, 2.05) is 0 Å². The number of hydrogen-bond donors (Lipinski definition) is 1. The van der Waals surface area contributed by atoms with E-state index in [2.05, 4.69) is 4.90 Å². The molecule has 0 saturated heterocycles. The van der Waals surface area contributed by atoms with Gasteiger partial charge in [-0.05, 0) is 32.7 Å². The quantitative estimate of drug-likeness (QED) is 0.723. The number of carbonyl (C=O) groups excluding carboxylic acids is 1. The maximum atomic E-state index is 10.9. The first-order valence-electron chi connectivity index (χ1n) is 6.58. The van der Waals surface area contributed by atoms with Gasteiger partial charge in [-0.1, -0.05) is 19.3 Å². The SMILES string of the molecule is CC(=O)CCCN(CCO)C1CCCCC1. The van der Waals surface area contributed by atoms with Gasteiger partial charge in [-0.25, -0.2) is 0 Å². The van der Waals surface area contributed by atoms with Crippen LogP contribution in [0.1, 0.15) is 51.9 Å². The number of ketones is 1. The Labute approximate surface area is 98.8 Å². The van der Waals surface area contributed by atoms with Crippen molar-refractivity contribution in [3.63, 3.8) is 0 Å². The van der Waals surface area contributed by atoms with E-state index in [1.54, 1.807) is 6.92 Å². The molecule has 1 saturated carbocycles. The second-order valence-electron chi connectivity index (χ2n) is 4.86. The molecule has 1 aliphatic carbocycles. The Morgan fingerprint density at radius 3 is 2.50 bits per heavy atom. The highest BCUT2D eigenvalue weighted by molar-refractivity contribution is 5.75. The Balaban J connectivity index is 2.30. The van der Waals surface area contributed by atoms with Gasteiger partial charge >= 0.3 is 0 Å². The fourth-order valence-corrected chi connectivity index (χ4v) is 2.58. The maximum absolute atomic E-state index is 10.9. The van der Waals surface area contributed by atoms with E-state index in [1.165, 1.54) is 32.1 Å². The highest BCUT2D eigenvalue weighted by atomic mass is 16.3. The van der Waals surface area contributed by atoms with Crippen molar-refractivity contribution in [1.29, 1.82) is 0 Å². The lowest BCUT2D eigenvalue weighted by molar-refractivity contribution is -0.117. The first-order chi connectivity index (χ1) is 7.74. The molecule has 94 valence electrons. The summed E-state index contributed by atoms with van der Waals surface area (Å²) in [6.45, 7) is 3.61. The van der Waals surface area contributed by atoms with Crippen molar-refractivity contribution in [3.8, 4) is 0 Å². The standard InChI is InChI=1S/C13H25NO2/c1-12(16)6-5-9-14(10-11-15)13-7-3-2-4-8-13/h13,15H,2-11H2,1H3. The predicted molar refractivity (Wildman–Crippen MR) is 65.4 cm³/mol. The molecule has 1 N–H and O–H groups in total. The van der Waals surface area contributed by atoms with Crippen LogP contribution in [0.3, 0.4) is 0 Å². The van der Waals surface area contributed by atoms with E-state index in [0.29, 0.717) is 12.5 Å². The van der Waals surface area contributed by atoms with Crippen LogP contribution >= 0.6 is 0 Å². The highest BCUT2D eigenvalue weighted by Gasteiger charge is 2.20. The molecule has 16 heavy (non-hydrogen) atoms. The zero-order valence-corrected chi connectivity index (χ0v) is 10.5. The Morgan fingerprint density at radius 1 is 1.25 bits per heavy atom. The normalized spacial score (nSPS) is 17.9. The van der Waals surface area contributed by atoms with Crippen molar-refractivity contribution in [3.05, 3.63) is 0 Å². The lowest BCUT2D eigenvalue weighted by Gasteiger charge is -2.33. The number of carbonyl (C=O) groups is 1. The number of aliphatic hydroxyl groups is 1. The van der Waals surface area contributed by atoms with E-state index in [4.69, 9.17) is 5.11 Å². The third-order valence-corrected chi connectivity index (χ3v) is 3.45. The van der Waals surface area contributed by atoms with Crippen molar-refractivity contribution in [2.24, 2.45) is 0 Å². The van der Waals surface area contributed by atoms with E-state index in [9.17, 15) is 4.79 Å². The average Bonchev–Trinajstić information content (AvgIpc) is 2.29. The second-order valence-corrected chi connectivity index (χ2v) is 4.86. The molecule has 3 nitrogen and oxygen atoms in total. The summed E-state index contributed by atoms with van der Waals surface area (Å²) in [5.41, 5.74) is 0. The van der Waals surface area contributed by atoms with Crippen molar-refractivity contribution in [2.45, 2.75) is 57.9 Å². The molecular formula is C13H25NO2. The smallest absolute Gasteiger partial charge is 0.129 e. The Hall–Kier alpha value is -0.410. The van der Waals surface area contributed by atoms with Crippen molar-refractivity contribution >= 4 is 5.78 Å². The zero-order chi connectivity index (χ0) is 11.8. The summed E-state index contributed by atoms with van der Waals surface area (Å²) in [7, 11) is 0. The van der Waals surface area contributed by atoms with Gasteiger partial charge in [0.05, 0.1) is 6.61 Å². The molecule has 0 aromatic heterocycles. The third kappa shape index (κ3) is 5.08. The van der Waals surface area contributed by atoms with Gasteiger partial charge < -0.3 is 9.90 Å². The molecule has 0 aliphatic heterocycles. The lowest BCUT2D eigenvalue weighted by atomic mass is 9.94. The Kier molecular flexibility index (Phi) is 6.65. The number of rotatable bonds is 7. The van der Waals surface area contributed by atoms with Gasteiger partial charge in [-0.3, -0.25) is 4.90 Å². The van der Waals surface area contributed by atoms with Gasteiger partial charge in [-0.2, -0.15) is 0 Å². The molecule has 0 aromatic rings. The topological polar surface area (TPSA) is 40.5 Å². The van der Waals surface area contributed by atoms with Crippen molar-refractivity contribution in [2.75, 3.05) is 19.7 Å². The van der Waals surface area contributed by atoms with Gasteiger partial charge in [0.25, 0.3) is 0 Å². The van der Waals surface area contributed by atoms with Crippen LogP contribution in [0.5, 0.6) is 0 Å². The molecule has 0 aromatic carbocycles. The van der Waals surface area contributed by atoms with Crippen LogP contribution in [0.25, 0.3) is 0 Å². The Bertz CT molecular complexity index is 200. The molecule has 0 heterocycles. The number of Topliss-reactive ketones (excluding diaryl/α,β-unsaturated/α-hetero) is 1. The summed E-state index contributed by atoms with van der Waals surface area (Å²) in [6.07, 6.45) is 8.14. The number of hydrogen-bond acceptors (Lipinski definition) is 3. The lowest BCUT2D eigenvalue weighted by Crippen LogP contribution is -2.39. The van der Waals surface area contributed by atoms with Crippen molar-refractivity contribution in [1.82, 2.24) is 4.90 Å². The van der Waals surface area contributed by atoms with Gasteiger partial charge in [0.1, 0.15) is 5.78 Å². The van der Waals surface area contributed by atoms with Crippen LogP contribution in [0.4, 0.5) is 0 Å². The minimum atomic E-state index is 0.233. The average molecular weight is 227 g/mol. The molecule has 0 spiro atoms. The summed E-state index contributed by atoms with van der Waals surface area (Å²) in [6, 6.07) is 0.646. The van der Waals surface area contributed by atoms with Crippen LogP contribution < -0.4 is 0 Å². The largest absolute Gasteiger partial charge is 0.395 e. The zero-order valence-electron chi connectivity index (χ0n) is 10.5. The van der Waals surface area contributed by atoms with E-state index in [-0.39, 0.29) is 12.4 Å². The van der Waals surface area contributed by atoms with Gasteiger partial charge in [0, 0.05) is 19.0 Å². The van der Waals surface area contributed by atoms with Crippen LogP contribution in [0.2, 0.25) is 0 Å². The fourth-order valence-electron chi connectivity index (χ4n) is 2.58. The molecule has 1 aliphatic rings. The van der Waals surface area contributed by atoms with Crippen molar-refractivity contribution < 1.29 is 9.90 Å². The molecule has 1 rings (SSSR count). The van der Waals surface area contributed by atoms with E-state index >= 15 is 0 Å². The minimum absolute atomic E-state index is 0.233. The summed E-state index contributed by atoms with van der Waals surface area (Å²) in [5.74, 6) is 0.271. The first kappa shape index (κ1) is 13.7. The molecular weight excluding hydrogens is 202 g/mol. The molecule has 0 radical (unpaired) electrons. The molecule has 0 amide bonds. The third-order valence-electron chi connectivity index (χ3n) is 3.45. The fraction of sp³-hybridized carbons (Fsp3) is 0.923.